The monoisotopic (exact) mass is 408 g/mol. The highest BCUT2D eigenvalue weighted by Crippen LogP contribution is 2.31. The molecule has 0 radical (unpaired) electrons. The van der Waals surface area contributed by atoms with Crippen LogP contribution in [0.15, 0.2) is 23.3 Å². The molecule has 0 bridgehead atoms. The van der Waals surface area contributed by atoms with Crippen LogP contribution in [0, 0.1) is 5.82 Å². The van der Waals surface area contributed by atoms with Crippen LogP contribution in [0.3, 0.4) is 0 Å². The van der Waals surface area contributed by atoms with Crippen LogP contribution in [0.1, 0.15) is 19.4 Å². The van der Waals surface area contributed by atoms with Gasteiger partial charge in [0.15, 0.2) is 6.29 Å². The van der Waals surface area contributed by atoms with E-state index >= 15 is 0 Å². The fraction of sp³-hybridized carbons (Fsp3) is 0.500. The molecule has 3 atom stereocenters. The lowest BCUT2D eigenvalue weighted by Gasteiger charge is -2.42. The smallest absolute Gasteiger partial charge is 0.310 e. The van der Waals surface area contributed by atoms with Crippen LogP contribution >= 0.6 is 11.6 Å². The number of halogens is 2. The molecule has 3 aliphatic rings. The van der Waals surface area contributed by atoms with Gasteiger partial charge >= 0.3 is 6.03 Å². The lowest BCUT2D eigenvalue weighted by Crippen LogP contribution is -2.66. The number of nitrogens with one attached hydrogen (secondary N) is 1. The molecule has 0 saturated carbocycles. The molecular weight excluding hydrogens is 387 g/mol. The van der Waals surface area contributed by atoms with Crippen molar-refractivity contribution in [2.45, 2.75) is 38.9 Å². The molecule has 0 spiro atoms. The third kappa shape index (κ3) is 2.85. The van der Waals surface area contributed by atoms with Crippen molar-refractivity contribution in [3.05, 3.63) is 34.6 Å². The molecule has 2 fully saturated rings. The number of hydrogen-bond acceptors (Lipinski definition) is 6. The van der Waals surface area contributed by atoms with E-state index in [1.165, 1.54) is 17.0 Å². The van der Waals surface area contributed by atoms with E-state index in [2.05, 4.69) is 10.4 Å². The molecule has 150 valence electrons. The highest BCUT2D eigenvalue weighted by molar-refractivity contribution is 6.31. The number of hydrazone groups is 1. The lowest BCUT2D eigenvalue weighted by molar-refractivity contribution is -0.139. The van der Waals surface area contributed by atoms with Crippen LogP contribution in [0.5, 0.6) is 0 Å². The minimum atomic E-state index is -0.585. The topological polar surface area (TPSA) is 71.5 Å². The Kier molecular flexibility index (Phi) is 4.76. The zero-order chi connectivity index (χ0) is 20.2. The number of urea groups is 1. The van der Waals surface area contributed by atoms with Crippen molar-refractivity contribution in [3.8, 4) is 0 Å². The SMILES string of the molecule is CCN1N=C(C)CN2C3C(=O)N(Cc4c(F)cccc4Cl)C(=O)N(C)C3NC12. The van der Waals surface area contributed by atoms with E-state index in [9.17, 15) is 14.0 Å². The van der Waals surface area contributed by atoms with Gasteiger partial charge in [-0.1, -0.05) is 17.7 Å². The molecule has 3 heterocycles. The molecule has 10 heteroatoms. The Morgan fingerprint density at radius 3 is 2.79 bits per heavy atom. The van der Waals surface area contributed by atoms with Gasteiger partial charge in [0.2, 0.25) is 0 Å². The third-order valence-electron chi connectivity index (χ3n) is 5.45. The lowest BCUT2D eigenvalue weighted by atomic mass is 10.1. The van der Waals surface area contributed by atoms with Crippen LogP contribution in [0.2, 0.25) is 5.02 Å². The Labute approximate surface area is 167 Å². The number of likely N-dealkylation sites (N-methyl/N-ethyl adjacent to an activating group) is 1. The van der Waals surface area contributed by atoms with Gasteiger partial charge < -0.3 is 4.90 Å². The number of benzene rings is 1. The van der Waals surface area contributed by atoms with Crippen molar-refractivity contribution in [1.29, 1.82) is 0 Å². The fourth-order valence-electron chi connectivity index (χ4n) is 4.08. The second-order valence-electron chi connectivity index (χ2n) is 7.21. The fourth-order valence-corrected chi connectivity index (χ4v) is 4.30. The number of hydrogen-bond donors (Lipinski definition) is 1. The maximum absolute atomic E-state index is 14.2. The van der Waals surface area contributed by atoms with Crippen LogP contribution in [0.25, 0.3) is 0 Å². The van der Waals surface area contributed by atoms with Crippen LogP contribution < -0.4 is 5.32 Å². The molecule has 3 unspecified atom stereocenters. The Bertz CT molecular complexity index is 844. The van der Waals surface area contributed by atoms with Gasteiger partial charge in [0.05, 0.1) is 6.54 Å². The number of fused-ring (bicyclic) bond motifs is 3. The van der Waals surface area contributed by atoms with Gasteiger partial charge in [-0.15, -0.1) is 0 Å². The summed E-state index contributed by atoms with van der Waals surface area (Å²) >= 11 is 6.11. The molecule has 3 aliphatic heterocycles. The Morgan fingerprint density at radius 2 is 2.11 bits per heavy atom. The summed E-state index contributed by atoms with van der Waals surface area (Å²) in [5, 5.41) is 9.92. The first-order chi connectivity index (χ1) is 13.3. The molecular formula is C18H22ClFN6O2. The molecule has 1 aromatic carbocycles. The standard InChI is InChI=1S/C18H22ClFN6O2/c1-4-26-17-21-15-14(24(17)8-10(2)22-26)16(27)25(18(28)23(15)3)9-11-12(19)6-5-7-13(11)20/h5-7,14-15,17,21H,4,8-9H2,1-3H3. The van der Waals surface area contributed by atoms with Gasteiger partial charge in [0, 0.05) is 36.4 Å². The molecule has 28 heavy (non-hydrogen) atoms. The molecule has 8 nitrogen and oxygen atoms in total. The van der Waals surface area contributed by atoms with Crippen LogP contribution in [-0.4, -0.2) is 76.0 Å². The first kappa shape index (κ1) is 19.1. The normalized spacial score (nSPS) is 27.8. The number of nitrogens with zero attached hydrogens (tertiary/aromatic N) is 5. The van der Waals surface area contributed by atoms with Crippen molar-refractivity contribution in [2.75, 3.05) is 20.1 Å². The first-order valence-electron chi connectivity index (χ1n) is 9.17. The zero-order valence-corrected chi connectivity index (χ0v) is 16.6. The van der Waals surface area contributed by atoms with Crippen LogP contribution in [-0.2, 0) is 11.3 Å². The zero-order valence-electron chi connectivity index (χ0n) is 15.9. The third-order valence-corrected chi connectivity index (χ3v) is 5.81. The van der Waals surface area contributed by atoms with Crippen molar-refractivity contribution >= 4 is 29.3 Å². The van der Waals surface area contributed by atoms with Gasteiger partial charge in [0.25, 0.3) is 5.91 Å². The largest absolute Gasteiger partial charge is 0.328 e. The number of rotatable bonds is 3. The van der Waals surface area contributed by atoms with Crippen molar-refractivity contribution in [3.63, 3.8) is 0 Å². The summed E-state index contributed by atoms with van der Waals surface area (Å²) < 4.78 is 14.2. The average Bonchev–Trinajstić information content (AvgIpc) is 3.04. The van der Waals surface area contributed by atoms with E-state index in [1.807, 2.05) is 23.8 Å². The van der Waals surface area contributed by atoms with Gasteiger partial charge in [-0.2, -0.15) is 5.10 Å². The second-order valence-corrected chi connectivity index (χ2v) is 7.62. The summed E-state index contributed by atoms with van der Waals surface area (Å²) in [7, 11) is 1.64. The number of amides is 3. The summed E-state index contributed by atoms with van der Waals surface area (Å²) in [6.07, 6.45) is -0.757. The van der Waals surface area contributed by atoms with E-state index in [4.69, 9.17) is 11.6 Å². The van der Waals surface area contributed by atoms with Gasteiger partial charge in [-0.05, 0) is 26.0 Å². The number of carbonyl (C=O) groups excluding carboxylic acids is 2. The quantitative estimate of drug-likeness (QED) is 0.820. The van der Waals surface area contributed by atoms with Crippen molar-refractivity contribution in [2.24, 2.45) is 5.10 Å². The van der Waals surface area contributed by atoms with Gasteiger partial charge in [0.1, 0.15) is 18.0 Å². The Balaban J connectivity index is 1.67. The molecule has 1 aromatic rings. The van der Waals surface area contributed by atoms with Crippen molar-refractivity contribution in [1.82, 2.24) is 25.0 Å². The molecule has 0 aromatic heterocycles. The minimum Gasteiger partial charge on any atom is -0.310 e. The van der Waals surface area contributed by atoms with E-state index in [-0.39, 0.29) is 29.3 Å². The molecule has 0 aliphatic carbocycles. The second kappa shape index (κ2) is 6.98. The van der Waals surface area contributed by atoms with Crippen LogP contribution in [0.4, 0.5) is 9.18 Å². The van der Waals surface area contributed by atoms with Gasteiger partial charge in [-0.25, -0.2) is 14.1 Å². The Hall–Kier alpha value is -2.23. The molecule has 2 saturated heterocycles. The van der Waals surface area contributed by atoms with E-state index in [0.29, 0.717) is 13.1 Å². The summed E-state index contributed by atoms with van der Waals surface area (Å²) in [5.74, 6) is -0.911. The summed E-state index contributed by atoms with van der Waals surface area (Å²) in [4.78, 5) is 30.8. The summed E-state index contributed by atoms with van der Waals surface area (Å²) in [6.45, 7) is 4.85. The Morgan fingerprint density at radius 1 is 1.36 bits per heavy atom. The number of imide groups is 1. The predicted octanol–water partition coefficient (Wildman–Crippen LogP) is 1.47. The van der Waals surface area contributed by atoms with E-state index in [1.54, 1.807) is 13.1 Å². The summed E-state index contributed by atoms with van der Waals surface area (Å²) in [6, 6.07) is 3.23. The van der Waals surface area contributed by atoms with E-state index < -0.39 is 24.1 Å². The average molecular weight is 409 g/mol. The predicted molar refractivity (Wildman–Crippen MR) is 102 cm³/mol. The molecule has 1 N–H and O–H groups in total. The van der Waals surface area contributed by atoms with E-state index in [0.717, 1.165) is 10.6 Å². The van der Waals surface area contributed by atoms with Crippen molar-refractivity contribution < 1.29 is 14.0 Å². The van der Waals surface area contributed by atoms with Gasteiger partial charge in [-0.3, -0.25) is 20.0 Å². The highest BCUT2D eigenvalue weighted by atomic mass is 35.5. The number of carbonyl (C=O) groups is 2. The minimum absolute atomic E-state index is 0.131. The first-order valence-corrected chi connectivity index (χ1v) is 9.54. The molecule has 4 rings (SSSR count). The molecule has 3 amide bonds. The highest BCUT2D eigenvalue weighted by Gasteiger charge is 2.56. The summed E-state index contributed by atoms with van der Waals surface area (Å²) in [5.41, 5.74) is 1.02. The maximum atomic E-state index is 14.2. The maximum Gasteiger partial charge on any atom is 0.328 e.